The number of hydrogen-bond acceptors (Lipinski definition) is 3. The number of amides is 1. The molecule has 2 N–H and O–H groups in total. The van der Waals surface area contributed by atoms with Gasteiger partial charge in [0.15, 0.2) is 5.11 Å². The van der Waals surface area contributed by atoms with E-state index in [0.717, 1.165) is 40.3 Å². The van der Waals surface area contributed by atoms with Crippen LogP contribution in [-0.2, 0) is 11.0 Å². The van der Waals surface area contributed by atoms with Crippen LogP contribution in [0.2, 0.25) is 0 Å². The van der Waals surface area contributed by atoms with Gasteiger partial charge in [-0.05, 0) is 85.7 Å². The minimum absolute atomic E-state index is 0.158. The number of benzene rings is 2. The number of hydrogen-bond donors (Lipinski definition) is 2. The highest BCUT2D eigenvalue weighted by Gasteiger charge is 2.41. The molecule has 0 aliphatic carbocycles. The van der Waals surface area contributed by atoms with Crippen LogP contribution in [0.15, 0.2) is 85.2 Å². The summed E-state index contributed by atoms with van der Waals surface area (Å²) in [6, 6.07) is 19.5. The Labute approximate surface area is 235 Å². The number of carbonyl (C=O) groups is 1. The van der Waals surface area contributed by atoms with Gasteiger partial charge in [-0.15, -0.1) is 0 Å². The summed E-state index contributed by atoms with van der Waals surface area (Å²) in [7, 11) is 0. The summed E-state index contributed by atoms with van der Waals surface area (Å²) in [6.07, 6.45) is -0.896. The van der Waals surface area contributed by atoms with E-state index < -0.39 is 17.8 Å². The first kappa shape index (κ1) is 27.4. The van der Waals surface area contributed by atoms with Crippen LogP contribution in [0.1, 0.15) is 46.6 Å². The fourth-order valence-corrected chi connectivity index (χ4v) is 5.31. The first-order valence-corrected chi connectivity index (χ1v) is 13.2. The van der Waals surface area contributed by atoms with Crippen LogP contribution in [0.25, 0.3) is 5.69 Å². The SMILES string of the molecule is Cc1ccc(C)c(NC(=O)CCN2C(=S)NC(c3ccccn3)C2c2cccn2-c2cccc(C(F)(F)F)c2)c1. The van der Waals surface area contributed by atoms with E-state index in [-0.39, 0.29) is 18.4 Å². The van der Waals surface area contributed by atoms with Crippen LogP contribution in [0.3, 0.4) is 0 Å². The molecule has 0 radical (unpaired) electrons. The summed E-state index contributed by atoms with van der Waals surface area (Å²) in [5, 5.41) is 6.76. The maximum Gasteiger partial charge on any atom is 0.416 e. The number of anilines is 1. The van der Waals surface area contributed by atoms with E-state index in [4.69, 9.17) is 12.2 Å². The van der Waals surface area contributed by atoms with Crippen LogP contribution in [-0.4, -0.2) is 32.0 Å². The summed E-state index contributed by atoms with van der Waals surface area (Å²) in [5.74, 6) is -0.162. The van der Waals surface area contributed by atoms with Crippen molar-refractivity contribution in [1.82, 2.24) is 19.8 Å². The number of halogens is 3. The molecule has 5 rings (SSSR count). The molecule has 206 valence electrons. The number of aryl methyl sites for hydroxylation is 2. The van der Waals surface area contributed by atoms with Crippen molar-refractivity contribution in [3.63, 3.8) is 0 Å². The van der Waals surface area contributed by atoms with Gasteiger partial charge < -0.3 is 20.1 Å². The van der Waals surface area contributed by atoms with Crippen LogP contribution in [0.4, 0.5) is 18.9 Å². The standard InChI is InChI=1S/C30H28F3N5OS/c1-19-11-12-20(2)24(17-19)35-26(39)13-16-38-28(27(36-29(38)40)23-9-3-4-14-34-23)25-10-6-15-37(25)22-8-5-7-21(18-22)30(31,32)33/h3-12,14-15,17-18,27-28H,13,16H2,1-2H3,(H,35,39)(H,36,40). The molecule has 1 saturated heterocycles. The predicted molar refractivity (Wildman–Crippen MR) is 152 cm³/mol. The van der Waals surface area contributed by atoms with Crippen molar-refractivity contribution in [3.05, 3.63) is 113 Å². The molecule has 0 spiro atoms. The minimum Gasteiger partial charge on any atom is -0.352 e. The van der Waals surface area contributed by atoms with Crippen molar-refractivity contribution >= 4 is 28.9 Å². The third-order valence-electron chi connectivity index (χ3n) is 6.98. The maximum absolute atomic E-state index is 13.5. The number of carbonyl (C=O) groups excluding carboxylic acids is 1. The Bertz CT molecular complexity index is 1540. The topological polar surface area (TPSA) is 62.2 Å². The smallest absolute Gasteiger partial charge is 0.352 e. The quantitative estimate of drug-likeness (QED) is 0.251. The van der Waals surface area contributed by atoms with Crippen molar-refractivity contribution in [2.24, 2.45) is 0 Å². The fourth-order valence-electron chi connectivity index (χ4n) is 4.98. The summed E-state index contributed by atoms with van der Waals surface area (Å²) in [6.45, 7) is 4.19. The zero-order valence-electron chi connectivity index (χ0n) is 21.9. The lowest BCUT2D eigenvalue weighted by atomic mass is 10.0. The molecule has 1 fully saturated rings. The summed E-state index contributed by atoms with van der Waals surface area (Å²) < 4.78 is 42.2. The zero-order chi connectivity index (χ0) is 28.4. The second-order valence-electron chi connectivity index (χ2n) is 9.79. The Hall–Kier alpha value is -4.18. The Morgan fingerprint density at radius 1 is 1.05 bits per heavy atom. The highest BCUT2D eigenvalue weighted by Crippen LogP contribution is 2.40. The molecule has 2 unspecified atom stereocenters. The van der Waals surface area contributed by atoms with Crippen LogP contribution in [0.5, 0.6) is 0 Å². The average molecular weight is 564 g/mol. The predicted octanol–water partition coefficient (Wildman–Crippen LogP) is 6.51. The molecular formula is C30H28F3N5OS. The summed E-state index contributed by atoms with van der Waals surface area (Å²) >= 11 is 5.72. The Morgan fingerprint density at radius 2 is 1.88 bits per heavy atom. The van der Waals surface area contributed by atoms with E-state index in [2.05, 4.69) is 15.6 Å². The third kappa shape index (κ3) is 5.72. The van der Waals surface area contributed by atoms with E-state index in [9.17, 15) is 18.0 Å². The second kappa shape index (κ2) is 11.1. The van der Waals surface area contributed by atoms with Crippen molar-refractivity contribution in [2.75, 3.05) is 11.9 Å². The van der Waals surface area contributed by atoms with E-state index >= 15 is 0 Å². The van der Waals surface area contributed by atoms with Gasteiger partial charge in [0.2, 0.25) is 5.91 Å². The minimum atomic E-state index is -4.47. The lowest BCUT2D eigenvalue weighted by Gasteiger charge is -2.29. The normalized spacial score (nSPS) is 17.1. The average Bonchev–Trinajstić information content (AvgIpc) is 3.54. The molecule has 6 nitrogen and oxygen atoms in total. The number of alkyl halides is 3. The largest absolute Gasteiger partial charge is 0.416 e. The zero-order valence-corrected chi connectivity index (χ0v) is 22.8. The molecule has 3 heterocycles. The van der Waals surface area contributed by atoms with E-state index in [0.29, 0.717) is 17.3 Å². The summed E-state index contributed by atoms with van der Waals surface area (Å²) in [4.78, 5) is 19.4. The van der Waals surface area contributed by atoms with Gasteiger partial charge in [-0.3, -0.25) is 9.78 Å². The van der Waals surface area contributed by atoms with E-state index in [1.807, 2.05) is 61.2 Å². The molecule has 1 aliphatic heterocycles. The molecule has 1 amide bonds. The van der Waals surface area contributed by atoms with Gasteiger partial charge in [0.05, 0.1) is 23.3 Å². The molecule has 1 aliphatic rings. The van der Waals surface area contributed by atoms with Gasteiger partial charge in [0.1, 0.15) is 0 Å². The molecule has 4 aromatic rings. The highest BCUT2D eigenvalue weighted by atomic mass is 32.1. The molecule has 0 saturated carbocycles. The van der Waals surface area contributed by atoms with Crippen molar-refractivity contribution in [1.29, 1.82) is 0 Å². The lowest BCUT2D eigenvalue weighted by Crippen LogP contribution is -2.33. The monoisotopic (exact) mass is 563 g/mol. The fraction of sp³-hybridized carbons (Fsp3) is 0.233. The second-order valence-corrected chi connectivity index (χ2v) is 10.2. The van der Waals surface area contributed by atoms with Crippen LogP contribution >= 0.6 is 12.2 Å². The van der Waals surface area contributed by atoms with Crippen molar-refractivity contribution in [3.8, 4) is 5.69 Å². The number of rotatable bonds is 7. The lowest BCUT2D eigenvalue weighted by molar-refractivity contribution is -0.137. The molecule has 40 heavy (non-hydrogen) atoms. The van der Waals surface area contributed by atoms with Gasteiger partial charge in [0.25, 0.3) is 0 Å². The first-order valence-electron chi connectivity index (χ1n) is 12.8. The molecule has 0 bridgehead atoms. The van der Waals surface area contributed by atoms with E-state index in [1.54, 1.807) is 29.1 Å². The van der Waals surface area contributed by atoms with Gasteiger partial charge in [-0.2, -0.15) is 13.2 Å². The van der Waals surface area contributed by atoms with Gasteiger partial charge in [0, 0.05) is 42.4 Å². The Balaban J connectivity index is 1.46. The number of nitrogens with zero attached hydrogens (tertiary/aromatic N) is 3. The molecular weight excluding hydrogens is 535 g/mol. The molecule has 2 atom stereocenters. The highest BCUT2D eigenvalue weighted by molar-refractivity contribution is 7.80. The van der Waals surface area contributed by atoms with Gasteiger partial charge >= 0.3 is 6.18 Å². The molecule has 2 aromatic heterocycles. The van der Waals surface area contributed by atoms with Crippen molar-refractivity contribution in [2.45, 2.75) is 38.5 Å². The molecule has 10 heteroatoms. The molecule has 2 aromatic carbocycles. The number of aromatic nitrogens is 2. The van der Waals surface area contributed by atoms with Gasteiger partial charge in [-0.1, -0.05) is 24.3 Å². The Morgan fingerprint density at radius 3 is 2.62 bits per heavy atom. The number of pyridine rings is 1. The van der Waals surface area contributed by atoms with Crippen molar-refractivity contribution < 1.29 is 18.0 Å². The third-order valence-corrected chi connectivity index (χ3v) is 7.33. The van der Waals surface area contributed by atoms with E-state index in [1.165, 1.54) is 6.07 Å². The number of nitrogens with one attached hydrogen (secondary N) is 2. The van der Waals surface area contributed by atoms with Gasteiger partial charge in [-0.25, -0.2) is 0 Å². The van der Waals surface area contributed by atoms with Crippen LogP contribution in [0, 0.1) is 13.8 Å². The summed E-state index contributed by atoms with van der Waals surface area (Å²) in [5.41, 5.74) is 3.86. The first-order chi connectivity index (χ1) is 19.1. The van der Waals surface area contributed by atoms with Crippen LogP contribution < -0.4 is 10.6 Å². The maximum atomic E-state index is 13.5. The Kier molecular flexibility index (Phi) is 7.62. The number of thiocarbonyl (C=S) groups is 1.